The molecule has 0 bridgehead atoms. The lowest BCUT2D eigenvalue weighted by Crippen LogP contribution is -2.55. The number of rotatable bonds is 11. The van der Waals surface area contributed by atoms with Crippen LogP contribution in [0.15, 0.2) is 97.1 Å². The van der Waals surface area contributed by atoms with E-state index in [0.29, 0.717) is 49.5 Å². The summed E-state index contributed by atoms with van der Waals surface area (Å²) in [7, 11) is -1.02. The van der Waals surface area contributed by atoms with Crippen molar-refractivity contribution in [1.82, 2.24) is 10.2 Å². The van der Waals surface area contributed by atoms with Gasteiger partial charge in [-0.1, -0.05) is 67.7 Å². The number of anilines is 3. The van der Waals surface area contributed by atoms with Crippen LogP contribution in [0.1, 0.15) is 50.2 Å². The Labute approximate surface area is 368 Å². The van der Waals surface area contributed by atoms with E-state index in [1.807, 2.05) is 78.6 Å². The van der Waals surface area contributed by atoms with Crippen molar-refractivity contribution >= 4 is 53.7 Å². The second-order valence-corrected chi connectivity index (χ2v) is 23.1. The van der Waals surface area contributed by atoms with Crippen LogP contribution in [0.25, 0.3) is 0 Å². The van der Waals surface area contributed by atoms with Crippen LogP contribution in [0.5, 0.6) is 5.75 Å². The van der Waals surface area contributed by atoms with E-state index in [-0.39, 0.29) is 54.6 Å². The maximum absolute atomic E-state index is 15.6. The maximum Gasteiger partial charge on any atom is 0.269 e. The Morgan fingerprint density at radius 3 is 2.40 bits per heavy atom. The van der Waals surface area contributed by atoms with Crippen LogP contribution in [0.2, 0.25) is 18.6 Å². The molecular formula is C48H56N6O8Si. The van der Waals surface area contributed by atoms with Crippen molar-refractivity contribution in [3.63, 3.8) is 0 Å². The second kappa shape index (κ2) is 16.5. The minimum absolute atomic E-state index is 0.000836. The van der Waals surface area contributed by atoms with Crippen molar-refractivity contribution in [3.8, 4) is 5.75 Å². The number of fused-ring (bicyclic) bond motifs is 2. The molecule has 15 heteroatoms. The third-order valence-corrected chi connectivity index (χ3v) is 19.2. The van der Waals surface area contributed by atoms with Crippen molar-refractivity contribution in [2.45, 2.75) is 87.5 Å². The van der Waals surface area contributed by atoms with Crippen molar-refractivity contribution in [1.29, 1.82) is 0 Å². The van der Waals surface area contributed by atoms with Gasteiger partial charge in [-0.25, -0.2) is 0 Å². The molecule has 330 valence electrons. The fraction of sp³-hybridized carbons (Fsp3) is 0.438. The summed E-state index contributed by atoms with van der Waals surface area (Å²) >= 11 is 0. The largest absolute Gasteiger partial charge is 0.497 e. The van der Waals surface area contributed by atoms with Gasteiger partial charge in [-0.2, -0.15) is 0 Å². The highest BCUT2D eigenvalue weighted by Crippen LogP contribution is 2.60. The summed E-state index contributed by atoms with van der Waals surface area (Å²) in [5.74, 6) is -0.222. The molecule has 4 saturated heterocycles. The van der Waals surface area contributed by atoms with E-state index >= 15 is 4.79 Å². The van der Waals surface area contributed by atoms with Gasteiger partial charge in [-0.3, -0.25) is 29.4 Å². The molecule has 4 fully saturated rings. The topological polar surface area (TPSA) is 158 Å². The zero-order valence-corrected chi connectivity index (χ0v) is 37.4. The molecule has 63 heavy (non-hydrogen) atoms. The Morgan fingerprint density at radius 1 is 0.968 bits per heavy atom. The molecule has 2 spiro atoms. The van der Waals surface area contributed by atoms with Gasteiger partial charge in [0.25, 0.3) is 17.5 Å². The predicted octanol–water partition coefficient (Wildman–Crippen LogP) is 5.67. The van der Waals surface area contributed by atoms with Crippen LogP contribution in [-0.2, 0) is 31.3 Å². The number of carbonyl (C=O) groups is 3. The number of nitro groups is 1. The van der Waals surface area contributed by atoms with Gasteiger partial charge in [-0.05, 0) is 92.3 Å². The zero-order valence-electron chi connectivity index (χ0n) is 36.4. The molecule has 2 N–H and O–H groups in total. The van der Waals surface area contributed by atoms with Crippen molar-refractivity contribution < 1.29 is 33.9 Å². The number of nitrogens with one attached hydrogen (secondary N) is 1. The van der Waals surface area contributed by atoms with Gasteiger partial charge in [0.1, 0.15) is 11.3 Å². The number of hydrogen-bond acceptors (Lipinski definition) is 10. The number of hydrogen-bond donors (Lipinski definition) is 2. The van der Waals surface area contributed by atoms with E-state index < -0.39 is 36.2 Å². The molecule has 5 aliphatic heterocycles. The summed E-state index contributed by atoms with van der Waals surface area (Å²) in [5.41, 5.74) is 0.662. The first-order valence-corrected chi connectivity index (χ1v) is 25.2. The molecule has 5 atom stereocenters. The molecule has 5 aliphatic rings. The molecule has 4 aromatic carbocycles. The Hall–Kier alpha value is -5.61. The second-order valence-electron chi connectivity index (χ2n) is 18.4. The third-order valence-electron chi connectivity index (χ3n) is 14.8. The average Bonchev–Trinajstić information content (AvgIpc) is 4.03. The zero-order chi connectivity index (χ0) is 44.3. The van der Waals surface area contributed by atoms with Crippen LogP contribution >= 0.6 is 0 Å². The molecule has 5 heterocycles. The SMILES string of the molecule is COc1ccc([Si](C)(C)[C@H]2[C@H](CC(=O)N3CCC[C@H]3CO)O[C@@]3(C(=O)N(Cc4cccc(N5CN(c6ccccc6)C6(CCNCC6)C5=O)c4)c4ccc([N+](=O)[O-])cc43)[C@@H]2C)cc1. The summed E-state index contributed by atoms with van der Waals surface area (Å²) in [6.45, 7) is 8.82. The molecule has 0 radical (unpaired) electrons. The number of para-hydroxylation sites is 1. The number of piperidine rings is 1. The number of amides is 3. The monoisotopic (exact) mass is 872 g/mol. The molecule has 0 unspecified atom stereocenters. The molecule has 4 aromatic rings. The van der Waals surface area contributed by atoms with Gasteiger partial charge in [0, 0.05) is 41.5 Å². The molecule has 3 amide bonds. The van der Waals surface area contributed by atoms with E-state index in [1.165, 1.54) is 12.1 Å². The van der Waals surface area contributed by atoms with E-state index in [2.05, 4.69) is 35.4 Å². The average molecular weight is 873 g/mol. The molecule has 0 saturated carbocycles. The van der Waals surface area contributed by atoms with Crippen molar-refractivity contribution in [2.75, 3.05) is 54.7 Å². The van der Waals surface area contributed by atoms with Gasteiger partial charge in [0.15, 0.2) is 5.60 Å². The minimum atomic E-state index is -2.64. The van der Waals surface area contributed by atoms with Crippen molar-refractivity contribution in [3.05, 3.63) is 118 Å². The lowest BCUT2D eigenvalue weighted by atomic mass is 9.82. The van der Waals surface area contributed by atoms with Gasteiger partial charge >= 0.3 is 0 Å². The van der Waals surface area contributed by atoms with Gasteiger partial charge in [0.05, 0.1) is 64.2 Å². The number of nitrogens with zero attached hydrogens (tertiary/aromatic N) is 5. The smallest absolute Gasteiger partial charge is 0.269 e. The van der Waals surface area contributed by atoms with E-state index in [4.69, 9.17) is 9.47 Å². The third kappa shape index (κ3) is 7.00. The number of likely N-dealkylation sites (tertiary alicyclic amines) is 1. The number of ether oxygens (including phenoxy) is 2. The molecule has 14 nitrogen and oxygen atoms in total. The highest BCUT2D eigenvalue weighted by atomic mass is 28.3. The summed E-state index contributed by atoms with van der Waals surface area (Å²) in [4.78, 5) is 63.8. The Morgan fingerprint density at radius 2 is 1.70 bits per heavy atom. The van der Waals surface area contributed by atoms with Gasteiger partial charge in [-0.15, -0.1) is 0 Å². The number of aliphatic hydroxyl groups excluding tert-OH is 1. The highest BCUT2D eigenvalue weighted by molar-refractivity contribution is 6.91. The molecule has 0 aromatic heterocycles. The summed E-state index contributed by atoms with van der Waals surface area (Å²) in [6, 6.07) is 30.0. The van der Waals surface area contributed by atoms with Crippen molar-refractivity contribution in [2.24, 2.45) is 5.92 Å². The lowest BCUT2D eigenvalue weighted by Gasteiger charge is -2.39. The van der Waals surface area contributed by atoms with E-state index in [0.717, 1.165) is 41.6 Å². The standard InChI is InChI=1S/C48H56N6O8Si/c1-32-44(63(3,4)39-18-16-38(61-2)17-19-39)42(28-43(56)50-25-9-14-37(50)30-55)62-48(32)40-27-36(54(59)60)15-20-41(40)51(46(48)58)29-33-10-8-13-35(26-33)52-31-53(34-11-6-5-7-12-34)47(45(52)57)21-23-49-24-22-47/h5-8,10-13,15-20,26-27,32,37,42,44,49,55H,9,14,21-25,28-31H2,1-4H3/t32-,37+,42+,44-,48+/m1/s1. The summed E-state index contributed by atoms with van der Waals surface area (Å²) in [5, 5.41) is 27.0. The maximum atomic E-state index is 15.6. The van der Waals surface area contributed by atoms with Gasteiger partial charge in [0.2, 0.25) is 5.91 Å². The van der Waals surface area contributed by atoms with Crippen LogP contribution in [0.4, 0.5) is 22.7 Å². The number of carbonyl (C=O) groups excluding carboxylic acids is 3. The molecule has 0 aliphatic carbocycles. The van der Waals surface area contributed by atoms with E-state index in [1.54, 1.807) is 23.0 Å². The molecular weight excluding hydrogens is 817 g/mol. The number of benzene rings is 4. The summed E-state index contributed by atoms with van der Waals surface area (Å²) < 4.78 is 12.7. The minimum Gasteiger partial charge on any atom is -0.497 e. The van der Waals surface area contributed by atoms with Gasteiger partial charge < -0.3 is 34.6 Å². The number of aliphatic hydroxyl groups is 1. The Kier molecular flexibility index (Phi) is 11.2. The van der Waals surface area contributed by atoms with Crippen LogP contribution in [-0.4, -0.2) is 98.4 Å². The Balaban J connectivity index is 1.09. The fourth-order valence-electron chi connectivity index (χ4n) is 11.6. The Bertz CT molecular complexity index is 2410. The lowest BCUT2D eigenvalue weighted by molar-refractivity contribution is -0.385. The van der Waals surface area contributed by atoms with Crippen LogP contribution in [0, 0.1) is 16.0 Å². The normalized spacial score (nSPS) is 25.4. The molecule has 9 rings (SSSR count). The summed E-state index contributed by atoms with van der Waals surface area (Å²) in [6.07, 6.45) is 2.15. The predicted molar refractivity (Wildman–Crippen MR) is 243 cm³/mol. The first kappa shape index (κ1) is 42.7. The van der Waals surface area contributed by atoms with Crippen LogP contribution < -0.4 is 29.9 Å². The number of nitro benzene ring substituents is 1. The first-order valence-electron chi connectivity index (χ1n) is 22.1. The fourth-order valence-corrected chi connectivity index (χ4v) is 15.6. The van der Waals surface area contributed by atoms with E-state index in [9.17, 15) is 24.8 Å². The van der Waals surface area contributed by atoms with Crippen LogP contribution in [0.3, 0.4) is 0 Å². The highest BCUT2D eigenvalue weighted by Gasteiger charge is 2.67. The first-order chi connectivity index (χ1) is 30.3. The quantitative estimate of drug-likeness (QED) is 0.109. The number of methoxy groups -OCH3 is 1. The number of non-ortho nitro benzene ring substituents is 1.